The second-order valence-electron chi connectivity index (χ2n) is 7.72. The maximum atomic E-state index is 14.4. The van der Waals surface area contributed by atoms with Gasteiger partial charge in [-0.2, -0.15) is 13.3 Å². The maximum Gasteiger partial charge on any atom is 0.537 e. The predicted octanol–water partition coefficient (Wildman–Crippen LogP) is 3.73. The van der Waals surface area contributed by atoms with Crippen LogP contribution in [0.1, 0.15) is 16.7 Å². The van der Waals surface area contributed by atoms with E-state index in [4.69, 9.17) is 23.7 Å². The summed E-state index contributed by atoms with van der Waals surface area (Å²) in [6.07, 6.45) is -3.90. The van der Waals surface area contributed by atoms with Crippen LogP contribution in [0.15, 0.2) is 84.9 Å². The average Bonchev–Trinajstić information content (AvgIpc) is 3.30. The first-order chi connectivity index (χ1) is 16.9. The Labute approximate surface area is 202 Å². The van der Waals surface area contributed by atoms with Crippen molar-refractivity contribution in [3.8, 4) is 5.75 Å². The molecule has 1 saturated heterocycles. The summed E-state index contributed by atoms with van der Waals surface area (Å²) >= 11 is 0. The molecule has 3 aromatic rings. The van der Waals surface area contributed by atoms with Gasteiger partial charge in [0.05, 0.1) is 20.3 Å². The Morgan fingerprint density at radius 3 is 2.00 bits per heavy atom. The number of hydrogen-bond donors (Lipinski definition) is 1. The van der Waals surface area contributed by atoms with Crippen LogP contribution in [-0.2, 0) is 33.6 Å². The zero-order valence-electron chi connectivity index (χ0n) is 18.8. The Bertz CT molecular complexity index is 1210. The molecule has 0 spiro atoms. The number of carbonyl (C=O) groups is 1. The van der Waals surface area contributed by atoms with Crippen molar-refractivity contribution < 1.29 is 41.8 Å². The Morgan fingerprint density at radius 1 is 0.886 bits per heavy atom. The van der Waals surface area contributed by atoms with Gasteiger partial charge in [-0.05, 0) is 17.2 Å². The summed E-state index contributed by atoms with van der Waals surface area (Å²) in [6.45, 7) is -0.246. The van der Waals surface area contributed by atoms with Crippen molar-refractivity contribution in [1.29, 1.82) is 0 Å². The van der Waals surface area contributed by atoms with Crippen LogP contribution in [0.3, 0.4) is 0 Å². The summed E-state index contributed by atoms with van der Waals surface area (Å²) in [5.41, 5.74) is 1.20. The van der Waals surface area contributed by atoms with E-state index in [0.717, 1.165) is 0 Å². The van der Waals surface area contributed by atoms with Crippen LogP contribution in [0, 0.1) is 0 Å². The lowest BCUT2D eigenvalue weighted by Crippen LogP contribution is -2.44. The monoisotopic (exact) mass is 500 g/mol. The van der Waals surface area contributed by atoms with Crippen LogP contribution >= 0.6 is 0 Å². The van der Waals surface area contributed by atoms with E-state index in [1.165, 1.54) is 7.11 Å². The Morgan fingerprint density at radius 2 is 1.43 bits per heavy atom. The zero-order valence-corrected chi connectivity index (χ0v) is 19.6. The summed E-state index contributed by atoms with van der Waals surface area (Å²) in [4.78, 5) is 19.8. The van der Waals surface area contributed by atoms with Gasteiger partial charge in [-0.15, -0.1) is 0 Å². The molecule has 184 valence electrons. The van der Waals surface area contributed by atoms with E-state index < -0.39 is 33.2 Å². The van der Waals surface area contributed by atoms with Gasteiger partial charge in [-0.1, -0.05) is 78.9 Å². The summed E-state index contributed by atoms with van der Waals surface area (Å²) in [5.74, 6) is 0.345. The molecule has 0 amide bonds. The highest BCUT2D eigenvalue weighted by molar-refractivity contribution is 7.88. The van der Waals surface area contributed by atoms with Gasteiger partial charge in [-0.25, -0.2) is 4.79 Å². The minimum Gasteiger partial charge on any atom is -0.496 e. The van der Waals surface area contributed by atoms with Crippen molar-refractivity contribution in [2.45, 2.75) is 17.0 Å². The third kappa shape index (κ3) is 4.73. The standard InChI is InChI=1S/C25H24O9S/c1-30-21-15-9-8-14-20(21)25(18-10-4-2-5-11-18,19-12-6-3-7-13-19)35(28,29)34-23-17-31-16-22(23)32-33-24(26)27/h2-15,22-23H,16-17H2,1H3,(H,26,27)/t22-,23+/m1/s1. The second-order valence-corrected chi connectivity index (χ2v) is 9.44. The Kier molecular flexibility index (Phi) is 7.37. The summed E-state index contributed by atoms with van der Waals surface area (Å²) < 4.78 is 43.7. The highest BCUT2D eigenvalue weighted by atomic mass is 32.2. The quantitative estimate of drug-likeness (QED) is 0.203. The molecule has 1 fully saturated rings. The molecule has 0 radical (unpaired) electrons. The highest BCUT2D eigenvalue weighted by Crippen LogP contribution is 2.48. The number of ether oxygens (including phenoxy) is 2. The Balaban J connectivity index is 1.93. The van der Waals surface area contributed by atoms with E-state index in [1.807, 2.05) is 0 Å². The van der Waals surface area contributed by atoms with Gasteiger partial charge >= 0.3 is 6.16 Å². The van der Waals surface area contributed by atoms with E-state index in [1.54, 1.807) is 84.9 Å². The van der Waals surface area contributed by atoms with Gasteiger partial charge in [-0.3, -0.25) is 9.07 Å². The van der Waals surface area contributed by atoms with Crippen molar-refractivity contribution in [2.75, 3.05) is 20.3 Å². The molecule has 0 aliphatic carbocycles. The van der Waals surface area contributed by atoms with Gasteiger partial charge in [0, 0.05) is 5.56 Å². The first-order valence-electron chi connectivity index (χ1n) is 10.7. The summed E-state index contributed by atoms with van der Waals surface area (Å²) in [6, 6.07) is 24.1. The molecule has 0 aromatic heterocycles. The first kappa shape index (κ1) is 24.7. The zero-order chi connectivity index (χ0) is 24.9. The van der Waals surface area contributed by atoms with Gasteiger partial charge in [0.25, 0.3) is 10.1 Å². The van der Waals surface area contributed by atoms with E-state index >= 15 is 0 Å². The van der Waals surface area contributed by atoms with Gasteiger partial charge in [0.1, 0.15) is 11.9 Å². The normalized spacial score (nSPS) is 18.2. The van der Waals surface area contributed by atoms with Crippen molar-refractivity contribution >= 4 is 16.3 Å². The smallest absolute Gasteiger partial charge is 0.496 e. The number of para-hydroxylation sites is 1. The van der Waals surface area contributed by atoms with E-state index in [9.17, 15) is 13.2 Å². The van der Waals surface area contributed by atoms with Gasteiger partial charge in [0.15, 0.2) is 10.9 Å². The van der Waals surface area contributed by atoms with E-state index in [-0.39, 0.29) is 13.2 Å². The molecule has 0 unspecified atom stereocenters. The summed E-state index contributed by atoms with van der Waals surface area (Å²) in [5, 5.41) is 8.76. The van der Waals surface area contributed by atoms with Crippen LogP contribution in [0.5, 0.6) is 5.75 Å². The molecular weight excluding hydrogens is 476 g/mol. The lowest BCUT2D eigenvalue weighted by molar-refractivity contribution is -0.291. The molecule has 3 aromatic carbocycles. The molecule has 0 saturated carbocycles. The fourth-order valence-corrected chi connectivity index (χ4v) is 6.15. The average molecular weight is 501 g/mol. The highest BCUT2D eigenvalue weighted by Gasteiger charge is 2.53. The Hall–Kier alpha value is -3.44. The van der Waals surface area contributed by atoms with Crippen LogP contribution in [-0.4, -0.2) is 52.2 Å². The molecule has 1 N–H and O–H groups in total. The van der Waals surface area contributed by atoms with E-state index in [2.05, 4.69) is 4.89 Å². The van der Waals surface area contributed by atoms with Crippen molar-refractivity contribution in [1.82, 2.24) is 0 Å². The van der Waals surface area contributed by atoms with Crippen molar-refractivity contribution in [3.63, 3.8) is 0 Å². The number of carboxylic acid groups (broad SMARTS) is 1. The number of hydrogen-bond acceptors (Lipinski definition) is 8. The minimum atomic E-state index is -4.57. The lowest BCUT2D eigenvalue weighted by Gasteiger charge is -2.36. The molecule has 9 nitrogen and oxygen atoms in total. The van der Waals surface area contributed by atoms with Crippen LogP contribution < -0.4 is 4.74 Å². The first-order valence-corrected chi connectivity index (χ1v) is 12.1. The molecule has 10 heteroatoms. The van der Waals surface area contributed by atoms with Gasteiger partial charge in [0.2, 0.25) is 0 Å². The molecule has 1 aliphatic rings. The maximum absolute atomic E-state index is 14.4. The lowest BCUT2D eigenvalue weighted by atomic mass is 9.83. The van der Waals surface area contributed by atoms with Gasteiger partial charge < -0.3 is 14.6 Å². The van der Waals surface area contributed by atoms with Crippen molar-refractivity contribution in [3.05, 3.63) is 102 Å². The third-order valence-corrected chi connectivity index (χ3v) is 7.64. The molecule has 1 heterocycles. The van der Waals surface area contributed by atoms with Crippen LogP contribution in [0.4, 0.5) is 4.79 Å². The fourth-order valence-electron chi connectivity index (χ4n) is 4.21. The summed E-state index contributed by atoms with van der Waals surface area (Å²) in [7, 11) is -3.11. The predicted molar refractivity (Wildman–Crippen MR) is 124 cm³/mol. The SMILES string of the molecule is COc1ccccc1C(c1ccccc1)(c1ccccc1)S(=O)(=O)O[C@H]1COC[C@H]1OOC(=O)O. The molecule has 2 atom stereocenters. The van der Waals surface area contributed by atoms with E-state index in [0.29, 0.717) is 22.4 Å². The van der Waals surface area contributed by atoms with Crippen LogP contribution in [0.25, 0.3) is 0 Å². The molecule has 35 heavy (non-hydrogen) atoms. The molecule has 4 rings (SSSR count). The van der Waals surface area contributed by atoms with Crippen molar-refractivity contribution in [2.24, 2.45) is 0 Å². The largest absolute Gasteiger partial charge is 0.537 e. The fraction of sp³-hybridized carbons (Fsp3) is 0.240. The molecule has 1 aliphatic heterocycles. The minimum absolute atomic E-state index is 0.105. The molecule has 0 bridgehead atoms. The number of benzene rings is 3. The van der Waals surface area contributed by atoms with Crippen LogP contribution in [0.2, 0.25) is 0 Å². The second kappa shape index (κ2) is 10.4. The number of methoxy groups -OCH3 is 1. The number of rotatable bonds is 9. The topological polar surface area (TPSA) is 118 Å². The third-order valence-electron chi connectivity index (χ3n) is 5.69. The molecular formula is C25H24O9S.